The monoisotopic (exact) mass is 662 g/mol. The molecule has 0 fully saturated rings. The number of hydrogen-bond donors (Lipinski definition) is 4. The number of amides is 1. The van der Waals surface area contributed by atoms with E-state index >= 15 is 0 Å². The number of nitrogens with zero attached hydrogens (tertiary/aromatic N) is 4. The van der Waals surface area contributed by atoms with E-state index in [9.17, 15) is 19.2 Å². The Morgan fingerprint density at radius 3 is 2.67 bits per heavy atom. The molecule has 4 aromatic rings. The van der Waals surface area contributed by atoms with Crippen molar-refractivity contribution in [1.82, 2.24) is 14.8 Å². The molecule has 0 aliphatic carbocycles. The van der Waals surface area contributed by atoms with Crippen LogP contribution in [0.1, 0.15) is 35.3 Å². The minimum absolute atomic E-state index is 0.00350. The van der Waals surface area contributed by atoms with Crippen LogP contribution in [0.4, 0.5) is 15.0 Å². The first-order chi connectivity index (χ1) is 22.7. The maximum atomic E-state index is 14.6. The number of aliphatic imine (C=N–C) groups is 1. The molecule has 238 valence electrons. The maximum Gasteiger partial charge on any atom is 0.488 e. The summed E-state index contributed by atoms with van der Waals surface area (Å²) in [5.74, 6) is -0.414. The zero-order valence-electron chi connectivity index (χ0n) is 26.0. The fourth-order valence-electron chi connectivity index (χ4n) is 5.25. The van der Waals surface area contributed by atoms with Crippen LogP contribution >= 0.6 is 11.6 Å². The maximum absolute atomic E-state index is 14.6. The quantitative estimate of drug-likeness (QED) is 0.174. The van der Waals surface area contributed by atoms with Gasteiger partial charge in [-0.15, -0.1) is 5.11 Å². The minimum atomic E-state index is -1.66. The topological polar surface area (TPSA) is 157 Å². The fraction of sp³-hybridized carbons (Fsp3) is 0.226. The largest absolute Gasteiger partial charge is 0.488 e. The third-order valence-corrected chi connectivity index (χ3v) is 7.77. The number of rotatable bonds is 7. The number of ether oxygens (including phenoxy) is 2. The summed E-state index contributed by atoms with van der Waals surface area (Å²) < 4.78 is 27.8. The van der Waals surface area contributed by atoms with Gasteiger partial charge in [0.25, 0.3) is 0 Å². The fourth-order valence-corrected chi connectivity index (χ4v) is 5.50. The van der Waals surface area contributed by atoms with E-state index in [-0.39, 0.29) is 41.8 Å². The summed E-state index contributed by atoms with van der Waals surface area (Å²) in [6, 6.07) is 11.9. The van der Waals surface area contributed by atoms with E-state index in [4.69, 9.17) is 50.3 Å². The highest BCUT2D eigenvalue weighted by molar-refractivity contribution is 6.59. The SMILES string of the molecule is [B]C([B])([B])Cn1nc(Cl)c2c1-c1cnc(NC(=O)OCc3ccc(B(O)O)cc3)c(c1)O[C@H](C)c1cc(F)ccc1/C(N)=C(/C=NC)C2. The lowest BCUT2D eigenvalue weighted by Crippen LogP contribution is -2.29. The summed E-state index contributed by atoms with van der Waals surface area (Å²) in [6.45, 7) is 1.43. The van der Waals surface area contributed by atoms with E-state index in [1.165, 1.54) is 35.1 Å². The number of halogens is 2. The molecule has 48 heavy (non-hydrogen) atoms. The summed E-state index contributed by atoms with van der Waals surface area (Å²) in [5.41, 5.74) is 10.8. The van der Waals surface area contributed by atoms with E-state index in [0.717, 1.165) is 0 Å². The molecule has 0 unspecified atom stereocenters. The molecular weight excluding hydrogens is 634 g/mol. The van der Waals surface area contributed by atoms with Gasteiger partial charge in [-0.05, 0) is 47.8 Å². The van der Waals surface area contributed by atoms with Crippen molar-refractivity contribution in [3.8, 4) is 17.0 Å². The summed E-state index contributed by atoms with van der Waals surface area (Å²) in [7, 11) is 17.8. The van der Waals surface area contributed by atoms with Crippen LogP contribution in [0.3, 0.4) is 0 Å². The lowest BCUT2D eigenvalue weighted by Gasteiger charge is -2.24. The van der Waals surface area contributed by atoms with Crippen LogP contribution in [0.2, 0.25) is 10.3 Å². The first-order valence-electron chi connectivity index (χ1n) is 14.6. The second-order valence-electron chi connectivity index (χ2n) is 11.3. The van der Waals surface area contributed by atoms with Crippen LogP contribution in [0.15, 0.2) is 65.3 Å². The van der Waals surface area contributed by atoms with Crippen molar-refractivity contribution >= 4 is 71.5 Å². The second-order valence-corrected chi connectivity index (χ2v) is 11.6. The number of aromatic nitrogens is 3. The molecule has 6 radical (unpaired) electrons. The number of carbonyl (C=O) groups is 1. The van der Waals surface area contributed by atoms with Gasteiger partial charge in [-0.2, -0.15) is 5.10 Å². The van der Waals surface area contributed by atoms with Crippen molar-refractivity contribution in [2.24, 2.45) is 10.7 Å². The van der Waals surface area contributed by atoms with Crippen molar-refractivity contribution in [2.45, 2.75) is 37.7 Å². The Morgan fingerprint density at radius 2 is 2.00 bits per heavy atom. The van der Waals surface area contributed by atoms with Crippen molar-refractivity contribution in [1.29, 1.82) is 0 Å². The molecule has 0 saturated carbocycles. The number of nitrogens with one attached hydrogen (secondary N) is 1. The van der Waals surface area contributed by atoms with Crippen LogP contribution in [0, 0.1) is 5.82 Å². The molecule has 17 heteroatoms. The normalized spacial score (nSPS) is 16.2. The molecule has 0 spiro atoms. The van der Waals surface area contributed by atoms with Gasteiger partial charge in [-0.25, -0.2) is 14.2 Å². The summed E-state index contributed by atoms with van der Waals surface area (Å²) in [6.07, 6.45) is 1.54. The Balaban J connectivity index is 1.60. The van der Waals surface area contributed by atoms with Gasteiger partial charge in [0.2, 0.25) is 0 Å². The van der Waals surface area contributed by atoms with Gasteiger partial charge in [-0.3, -0.25) is 15.0 Å². The van der Waals surface area contributed by atoms with Crippen LogP contribution in [0.25, 0.3) is 17.0 Å². The van der Waals surface area contributed by atoms with E-state index < -0.39 is 30.2 Å². The Bertz CT molecular complexity index is 1900. The Hall–Kier alpha value is -4.52. The van der Waals surface area contributed by atoms with Crippen LogP contribution in [-0.4, -0.2) is 74.8 Å². The second kappa shape index (κ2) is 14.3. The number of allylic oxidation sites excluding steroid dienone is 1. The Labute approximate surface area is 285 Å². The molecule has 1 amide bonds. The molecule has 1 aliphatic rings. The number of fused-ring (bicyclic) bond motifs is 5. The molecule has 3 heterocycles. The predicted octanol–water partition coefficient (Wildman–Crippen LogP) is 2.81. The number of hydrogen-bond acceptors (Lipinski definition) is 9. The molecule has 5 rings (SSSR count). The minimum Gasteiger partial charge on any atom is -0.482 e. The third kappa shape index (κ3) is 7.95. The lowest BCUT2D eigenvalue weighted by atomic mass is 9.43. The first kappa shape index (κ1) is 34.8. The molecule has 2 aromatic carbocycles. The molecule has 2 aromatic heterocycles. The summed E-state index contributed by atoms with van der Waals surface area (Å²) in [5, 5.41) is 24.1. The zero-order chi connectivity index (χ0) is 34.7. The summed E-state index contributed by atoms with van der Waals surface area (Å²) >= 11 is 6.70. The van der Waals surface area contributed by atoms with Crippen molar-refractivity contribution in [2.75, 3.05) is 12.4 Å². The molecule has 0 saturated heterocycles. The van der Waals surface area contributed by atoms with Gasteiger partial charge in [-0.1, -0.05) is 35.9 Å². The Morgan fingerprint density at radius 1 is 1.27 bits per heavy atom. The average Bonchev–Trinajstić information content (AvgIpc) is 3.32. The van der Waals surface area contributed by atoms with Gasteiger partial charge in [0.05, 0.1) is 29.2 Å². The third-order valence-electron chi connectivity index (χ3n) is 7.46. The highest BCUT2D eigenvalue weighted by atomic mass is 35.5. The predicted molar refractivity (Wildman–Crippen MR) is 185 cm³/mol. The highest BCUT2D eigenvalue weighted by Gasteiger charge is 2.27. The van der Waals surface area contributed by atoms with Gasteiger partial charge >= 0.3 is 13.2 Å². The molecule has 2 bridgehead atoms. The molecule has 11 nitrogen and oxygen atoms in total. The lowest BCUT2D eigenvalue weighted by molar-refractivity contribution is 0.154. The van der Waals surface area contributed by atoms with Crippen molar-refractivity contribution in [3.63, 3.8) is 0 Å². The van der Waals surface area contributed by atoms with Gasteiger partial charge in [0, 0.05) is 60.4 Å². The van der Waals surface area contributed by atoms with Crippen LogP contribution in [0.5, 0.6) is 5.75 Å². The Kier molecular flexibility index (Phi) is 10.4. The van der Waals surface area contributed by atoms with E-state index in [2.05, 4.69) is 20.4 Å². The highest BCUT2D eigenvalue weighted by Crippen LogP contribution is 2.39. The molecular formula is C31H28B4ClFN6O5. The van der Waals surface area contributed by atoms with Gasteiger partial charge < -0.3 is 25.3 Å². The number of nitrogens with two attached hydrogens (primary N) is 1. The van der Waals surface area contributed by atoms with Crippen LogP contribution in [-0.2, 0) is 24.3 Å². The smallest absolute Gasteiger partial charge is 0.482 e. The summed E-state index contributed by atoms with van der Waals surface area (Å²) in [4.78, 5) is 21.6. The van der Waals surface area contributed by atoms with E-state index in [1.807, 2.05) is 0 Å². The average molecular weight is 662 g/mol. The number of carbonyl (C=O) groups excluding carboxylic acids is 1. The van der Waals surface area contributed by atoms with E-state index in [1.54, 1.807) is 44.5 Å². The number of pyridine rings is 1. The van der Waals surface area contributed by atoms with Crippen molar-refractivity contribution in [3.05, 3.63) is 93.5 Å². The van der Waals surface area contributed by atoms with Gasteiger partial charge in [0.15, 0.2) is 16.7 Å². The standard InChI is InChI=1S/C31H28B4ClFN6O5/c1-16-23-11-21(37)7-8-22(23)26(38)18(12-39-2)9-24-27(43(42-28(24)36)15-31(32,33)34)19-10-25(48-16)29(40-13-19)41-30(44)47-14-17-3-5-20(6-4-17)35(45)46/h3-8,10-13,16,45-46H,9,14-15,38H2,1-2H3,(H,40,41,44)/b26-18-,39-12?/t16-/m1/s1. The van der Waals surface area contributed by atoms with E-state index in [0.29, 0.717) is 44.8 Å². The molecule has 1 aliphatic heterocycles. The van der Waals surface area contributed by atoms with Gasteiger partial charge in [0.1, 0.15) is 18.5 Å². The molecule has 5 N–H and O–H groups in total. The number of benzene rings is 2. The van der Waals surface area contributed by atoms with Crippen LogP contribution < -0.4 is 21.3 Å². The van der Waals surface area contributed by atoms with Crippen molar-refractivity contribution < 1.29 is 28.7 Å². The molecule has 1 atom stereocenters. The zero-order valence-corrected chi connectivity index (χ0v) is 26.8. The first-order valence-corrected chi connectivity index (χ1v) is 15.0. The number of anilines is 1.